The van der Waals surface area contributed by atoms with Gasteiger partial charge >= 0.3 is 6.09 Å². The normalized spacial score (nSPS) is 26.2. The van der Waals surface area contributed by atoms with E-state index in [1.807, 2.05) is 4.90 Å². The molecule has 0 spiro atoms. The molecule has 1 atom stereocenters. The molecule has 5 heteroatoms. The molecule has 0 aromatic heterocycles. The van der Waals surface area contributed by atoms with Gasteiger partial charge in [0.15, 0.2) is 0 Å². The van der Waals surface area contributed by atoms with Crippen molar-refractivity contribution in [2.24, 2.45) is 0 Å². The minimum atomic E-state index is -0.193. The first-order valence-corrected chi connectivity index (χ1v) is 8.59. The minimum absolute atomic E-state index is 0.158. The number of ether oxygens (including phenoxy) is 2. The minimum Gasteiger partial charge on any atom is -0.447 e. The number of rotatable bonds is 1. The van der Waals surface area contributed by atoms with E-state index in [1.54, 1.807) is 0 Å². The largest absolute Gasteiger partial charge is 0.447 e. The lowest BCUT2D eigenvalue weighted by molar-refractivity contribution is 0.0293. The van der Waals surface area contributed by atoms with Crippen molar-refractivity contribution in [1.82, 2.24) is 4.90 Å². The van der Waals surface area contributed by atoms with E-state index in [4.69, 9.17) is 9.47 Å². The zero-order valence-electron chi connectivity index (χ0n) is 13.7. The third-order valence-electron chi connectivity index (χ3n) is 5.29. The summed E-state index contributed by atoms with van der Waals surface area (Å²) >= 11 is 0. The van der Waals surface area contributed by atoms with E-state index < -0.39 is 0 Å². The molecule has 3 aliphatic rings. The summed E-state index contributed by atoms with van der Waals surface area (Å²) in [5, 5.41) is 0. The number of nitrogens with zero attached hydrogens (tertiary/aromatic N) is 2. The number of carbonyl (C=O) groups is 1. The zero-order chi connectivity index (χ0) is 15.8. The first-order chi connectivity index (χ1) is 11.2. The lowest BCUT2D eigenvalue weighted by Gasteiger charge is -2.38. The highest BCUT2D eigenvalue weighted by atomic mass is 16.6. The summed E-state index contributed by atoms with van der Waals surface area (Å²) in [5.74, 6) is 0. The number of aryl methyl sites for hydroxylation is 1. The highest BCUT2D eigenvalue weighted by Gasteiger charge is 2.38. The lowest BCUT2D eigenvalue weighted by atomic mass is 10.00. The van der Waals surface area contributed by atoms with Gasteiger partial charge in [0.25, 0.3) is 0 Å². The Hall–Kier alpha value is -1.59. The Morgan fingerprint density at radius 1 is 1.13 bits per heavy atom. The summed E-state index contributed by atoms with van der Waals surface area (Å²) in [6.07, 6.45) is 2.98. The van der Waals surface area contributed by atoms with E-state index in [2.05, 4.69) is 30.0 Å². The number of cyclic esters (lactones) is 1. The number of hydrogen-bond donors (Lipinski definition) is 0. The molecule has 23 heavy (non-hydrogen) atoms. The van der Waals surface area contributed by atoms with Gasteiger partial charge in [0, 0.05) is 32.3 Å². The highest BCUT2D eigenvalue weighted by molar-refractivity contribution is 5.91. The maximum Gasteiger partial charge on any atom is 0.414 e. The Bertz CT molecular complexity index is 598. The summed E-state index contributed by atoms with van der Waals surface area (Å²) < 4.78 is 10.9. The van der Waals surface area contributed by atoms with Gasteiger partial charge < -0.3 is 9.47 Å². The predicted molar refractivity (Wildman–Crippen MR) is 87.7 cm³/mol. The zero-order valence-corrected chi connectivity index (χ0v) is 13.7. The molecule has 0 aliphatic carbocycles. The van der Waals surface area contributed by atoms with Crippen LogP contribution in [0.5, 0.6) is 0 Å². The van der Waals surface area contributed by atoms with Crippen molar-refractivity contribution in [1.29, 1.82) is 0 Å². The molecule has 2 fully saturated rings. The first kappa shape index (κ1) is 15.0. The van der Waals surface area contributed by atoms with Crippen LogP contribution < -0.4 is 4.90 Å². The Balaban J connectivity index is 1.68. The van der Waals surface area contributed by atoms with Gasteiger partial charge in [0.1, 0.15) is 6.61 Å². The lowest BCUT2D eigenvalue weighted by Crippen LogP contribution is -2.45. The van der Waals surface area contributed by atoms with E-state index in [1.165, 1.54) is 11.1 Å². The van der Waals surface area contributed by atoms with Gasteiger partial charge in [-0.1, -0.05) is 12.1 Å². The van der Waals surface area contributed by atoms with Crippen molar-refractivity contribution in [3.8, 4) is 0 Å². The average Bonchev–Trinajstić information content (AvgIpc) is 2.91. The number of amides is 1. The van der Waals surface area contributed by atoms with Crippen LogP contribution in [0, 0.1) is 6.92 Å². The summed E-state index contributed by atoms with van der Waals surface area (Å²) in [6, 6.07) is 7.18. The molecule has 3 heterocycles. The summed E-state index contributed by atoms with van der Waals surface area (Å²) in [6.45, 7) is 6.21. The van der Waals surface area contributed by atoms with Crippen molar-refractivity contribution in [2.45, 2.75) is 44.8 Å². The average molecular weight is 316 g/mol. The number of anilines is 1. The molecule has 124 valence electrons. The van der Waals surface area contributed by atoms with Gasteiger partial charge in [-0.3, -0.25) is 9.80 Å². The molecule has 1 aromatic carbocycles. The number of hydrogen-bond acceptors (Lipinski definition) is 4. The SMILES string of the molecule is Cc1ccc2c(c1)N1C(=O)OC[C@@H]1CCN(C1CCOCC1)C2. The topological polar surface area (TPSA) is 42.0 Å². The van der Waals surface area contributed by atoms with Crippen LogP contribution in [0.2, 0.25) is 0 Å². The monoisotopic (exact) mass is 316 g/mol. The fraction of sp³-hybridized carbons (Fsp3) is 0.611. The number of fused-ring (bicyclic) bond motifs is 3. The standard InChI is InChI=1S/C18H24N2O3/c1-13-2-3-14-11-19(15-5-8-22-9-6-15)7-4-16-12-23-18(21)20(16)17(14)10-13/h2-3,10,15-16H,4-9,11-12H2,1H3/t16-/m0/s1. The van der Waals surface area contributed by atoms with Crippen LogP contribution >= 0.6 is 0 Å². The van der Waals surface area contributed by atoms with Crippen molar-refractivity contribution < 1.29 is 14.3 Å². The Morgan fingerprint density at radius 2 is 1.96 bits per heavy atom. The van der Waals surface area contributed by atoms with Crippen LogP contribution in [-0.2, 0) is 16.0 Å². The molecule has 0 N–H and O–H groups in total. The predicted octanol–water partition coefficient (Wildman–Crippen LogP) is 2.70. The van der Waals surface area contributed by atoms with Crippen molar-refractivity contribution in [3.63, 3.8) is 0 Å². The molecule has 0 unspecified atom stereocenters. The molecule has 0 saturated carbocycles. The third kappa shape index (κ3) is 2.83. The Kier molecular flexibility index (Phi) is 3.99. The fourth-order valence-corrected chi connectivity index (χ4v) is 3.97. The van der Waals surface area contributed by atoms with Crippen LogP contribution in [0.1, 0.15) is 30.4 Å². The molecule has 3 aliphatic heterocycles. The van der Waals surface area contributed by atoms with Crippen LogP contribution in [0.15, 0.2) is 18.2 Å². The van der Waals surface area contributed by atoms with Crippen LogP contribution in [0.25, 0.3) is 0 Å². The van der Waals surface area contributed by atoms with Crippen LogP contribution in [0.3, 0.4) is 0 Å². The molecule has 0 bridgehead atoms. The van der Waals surface area contributed by atoms with Gasteiger partial charge in [-0.05, 0) is 43.4 Å². The van der Waals surface area contributed by atoms with E-state index in [0.717, 1.165) is 51.3 Å². The molecule has 0 radical (unpaired) electrons. The van der Waals surface area contributed by atoms with E-state index >= 15 is 0 Å². The Labute approximate surface area is 137 Å². The second-order valence-electron chi connectivity index (χ2n) is 6.84. The van der Waals surface area contributed by atoms with Crippen LogP contribution in [-0.4, -0.2) is 49.4 Å². The summed E-state index contributed by atoms with van der Waals surface area (Å²) in [5.41, 5.74) is 3.44. The van der Waals surface area contributed by atoms with Crippen molar-refractivity contribution in [3.05, 3.63) is 29.3 Å². The molecule has 1 aromatic rings. The van der Waals surface area contributed by atoms with E-state index in [0.29, 0.717) is 12.6 Å². The molecular weight excluding hydrogens is 292 g/mol. The molecule has 5 nitrogen and oxygen atoms in total. The fourth-order valence-electron chi connectivity index (χ4n) is 3.97. The van der Waals surface area contributed by atoms with Gasteiger partial charge in [0.2, 0.25) is 0 Å². The van der Waals surface area contributed by atoms with E-state index in [-0.39, 0.29) is 12.1 Å². The van der Waals surface area contributed by atoms with Gasteiger partial charge in [-0.25, -0.2) is 4.79 Å². The third-order valence-corrected chi connectivity index (χ3v) is 5.29. The highest BCUT2D eigenvalue weighted by Crippen LogP contribution is 2.33. The van der Waals surface area contributed by atoms with E-state index in [9.17, 15) is 4.79 Å². The summed E-state index contributed by atoms with van der Waals surface area (Å²) in [4.78, 5) is 16.7. The maximum atomic E-state index is 12.2. The first-order valence-electron chi connectivity index (χ1n) is 8.59. The smallest absolute Gasteiger partial charge is 0.414 e. The van der Waals surface area contributed by atoms with Gasteiger partial charge in [0.05, 0.1) is 11.7 Å². The molecule has 1 amide bonds. The maximum absolute atomic E-state index is 12.2. The van der Waals surface area contributed by atoms with Crippen LogP contribution in [0.4, 0.5) is 10.5 Å². The molecule has 4 rings (SSSR count). The summed E-state index contributed by atoms with van der Waals surface area (Å²) in [7, 11) is 0. The van der Waals surface area contributed by atoms with Crippen molar-refractivity contribution >= 4 is 11.8 Å². The molecular formula is C18H24N2O3. The van der Waals surface area contributed by atoms with Crippen molar-refractivity contribution in [2.75, 3.05) is 31.3 Å². The molecule has 2 saturated heterocycles. The van der Waals surface area contributed by atoms with Gasteiger partial charge in [-0.2, -0.15) is 0 Å². The second-order valence-corrected chi connectivity index (χ2v) is 6.84. The number of benzene rings is 1. The number of carbonyl (C=O) groups excluding carboxylic acids is 1. The second kappa shape index (κ2) is 6.13. The quantitative estimate of drug-likeness (QED) is 0.799. The Morgan fingerprint density at radius 3 is 2.78 bits per heavy atom. The van der Waals surface area contributed by atoms with Gasteiger partial charge in [-0.15, -0.1) is 0 Å².